The zero-order valence-electron chi connectivity index (χ0n) is 20.4. The Hall–Kier alpha value is -2.79. The van der Waals surface area contributed by atoms with Crippen LogP contribution in [-0.4, -0.2) is 109 Å². The Balaban J connectivity index is 1.33. The molecule has 2 unspecified atom stereocenters. The zero-order chi connectivity index (χ0) is 29.9. The fourth-order valence-corrected chi connectivity index (χ4v) is 6.19. The fraction of sp³-hybridized carbons (Fsp3) is 0.526. The highest BCUT2D eigenvalue weighted by Gasteiger charge is 2.61. The number of nitrogens with one attached hydrogen (secondary N) is 1. The van der Waals surface area contributed by atoms with Crippen molar-refractivity contribution >= 4 is 36.0 Å². The molecule has 41 heavy (non-hydrogen) atoms. The molecule has 2 saturated heterocycles. The largest absolute Gasteiger partial charge is 0.393 e. The first-order valence-corrected chi connectivity index (χ1v) is 14.3. The van der Waals surface area contributed by atoms with Gasteiger partial charge in [-0.1, -0.05) is 12.2 Å². The summed E-state index contributed by atoms with van der Waals surface area (Å²) in [6.45, 7) is -5.91. The van der Waals surface area contributed by atoms with Crippen LogP contribution in [0.15, 0.2) is 34.5 Å². The lowest BCUT2D eigenvalue weighted by Gasteiger charge is -2.33. The van der Waals surface area contributed by atoms with Gasteiger partial charge in [-0.25, -0.2) is 24.3 Å². The van der Waals surface area contributed by atoms with E-state index in [9.17, 15) is 44.8 Å². The van der Waals surface area contributed by atoms with Gasteiger partial charge in [0.05, 0.1) is 12.9 Å². The van der Waals surface area contributed by atoms with Crippen LogP contribution in [0.3, 0.4) is 0 Å². The predicted octanol–water partition coefficient (Wildman–Crippen LogP) is -4.09. The number of H-pyrrole nitrogens is 1. The normalized spacial score (nSPS) is 34.2. The van der Waals surface area contributed by atoms with Gasteiger partial charge in [-0.3, -0.25) is 28.0 Å². The molecule has 224 valence electrons. The minimum Gasteiger partial charge on any atom is -0.393 e. The van der Waals surface area contributed by atoms with Gasteiger partial charge in [-0.15, -0.1) is 0 Å². The third-order valence-electron chi connectivity index (χ3n) is 6.47. The molecule has 22 heteroatoms. The number of nitrogen functional groups attached to an aromatic ring is 1. The van der Waals surface area contributed by atoms with Crippen molar-refractivity contribution in [3.63, 3.8) is 0 Å². The highest BCUT2D eigenvalue weighted by molar-refractivity contribution is 8.44. The summed E-state index contributed by atoms with van der Waals surface area (Å²) in [6, 6.07) is 0.939. The van der Waals surface area contributed by atoms with E-state index in [2.05, 4.69) is 27.2 Å². The van der Waals surface area contributed by atoms with Crippen LogP contribution >= 0.6 is 19.0 Å². The van der Waals surface area contributed by atoms with E-state index in [-0.39, 0.29) is 17.0 Å². The first-order valence-electron chi connectivity index (χ1n) is 11.6. The predicted molar refractivity (Wildman–Crippen MR) is 134 cm³/mol. The van der Waals surface area contributed by atoms with Crippen molar-refractivity contribution in [2.45, 2.75) is 55.1 Å². The molecule has 0 aliphatic carbocycles. The summed E-state index contributed by atoms with van der Waals surface area (Å²) in [5.41, 5.74) is 4.21. The second kappa shape index (κ2) is 10.8. The van der Waals surface area contributed by atoms with Gasteiger partial charge in [0.2, 0.25) is 5.79 Å². The van der Waals surface area contributed by atoms with Crippen molar-refractivity contribution in [1.29, 1.82) is 0 Å². The monoisotopic (exact) mass is 621 g/mol. The second-order valence-corrected chi connectivity index (χ2v) is 11.8. The van der Waals surface area contributed by atoms with E-state index in [1.54, 1.807) is 0 Å². The Kier molecular flexibility index (Phi) is 7.82. The summed E-state index contributed by atoms with van der Waals surface area (Å²) in [5, 5.41) is 63.1. The highest BCUT2D eigenvalue weighted by atomic mass is 32.7. The number of aromatic amines is 1. The van der Waals surface area contributed by atoms with Crippen LogP contribution in [0.1, 0.15) is 12.5 Å². The molecule has 2 aliphatic rings. The number of thiol groups is 1. The molecule has 0 aromatic carbocycles. The van der Waals surface area contributed by atoms with E-state index in [0.29, 0.717) is 0 Å². The molecule has 2 fully saturated rings. The number of aromatic nitrogens is 6. The lowest BCUT2D eigenvalue weighted by atomic mass is 10.1. The maximum atomic E-state index is 13.1. The first kappa shape index (κ1) is 29.7. The summed E-state index contributed by atoms with van der Waals surface area (Å²) in [5.74, 6) is -2.96. The third kappa shape index (κ3) is 5.20. The van der Waals surface area contributed by atoms with Gasteiger partial charge in [0, 0.05) is 12.3 Å². The van der Waals surface area contributed by atoms with E-state index in [0.717, 1.165) is 34.1 Å². The number of hydrogen-bond donors (Lipinski definition) is 9. The molecule has 9 N–H and O–H groups in total. The highest BCUT2D eigenvalue weighted by Crippen LogP contribution is 2.60. The topological polar surface area (TPSA) is 300 Å². The number of aliphatic hydroxyl groups excluding tert-OH is 5. The molecule has 0 spiro atoms. The average molecular weight is 621 g/mol. The molecule has 5 rings (SSSR count). The van der Waals surface area contributed by atoms with E-state index < -0.39 is 79.7 Å². The number of ether oxygens (including phenoxy) is 2. The molecule has 3 aromatic rings. The van der Waals surface area contributed by atoms with Crippen LogP contribution in [0.2, 0.25) is 0 Å². The van der Waals surface area contributed by atoms with Crippen LogP contribution in [0.5, 0.6) is 0 Å². The maximum absolute atomic E-state index is 13.1. The molecule has 20 nitrogen and oxygen atoms in total. The van der Waals surface area contributed by atoms with Crippen molar-refractivity contribution in [3.8, 4) is 0 Å². The molecular weight excluding hydrogens is 597 g/mol. The minimum absolute atomic E-state index is 0.00260. The maximum Gasteiger partial charge on any atom is 0.391 e. The molecule has 10 atom stereocenters. The molecule has 3 aromatic heterocycles. The number of fused-ring (bicyclic) bond motifs is 1. The minimum atomic E-state index is -4.93. The van der Waals surface area contributed by atoms with Gasteiger partial charge in [-0.05, 0) is 0 Å². The van der Waals surface area contributed by atoms with Gasteiger partial charge in [0.1, 0.15) is 36.3 Å². The number of anilines is 1. The lowest BCUT2D eigenvalue weighted by molar-refractivity contribution is -0.226. The fourth-order valence-electron chi connectivity index (χ4n) is 4.48. The van der Waals surface area contributed by atoms with Crippen molar-refractivity contribution in [2.75, 3.05) is 12.3 Å². The van der Waals surface area contributed by atoms with Crippen LogP contribution in [0.25, 0.3) is 11.2 Å². The molecule has 2 aliphatic heterocycles. The standard InChI is InChI=1S/C19H24N7O13PS/c20-13-8-14(22-4-21-13)26(5-23-8)16-12(31)19(34,6(3-27)36-16)39-40(35,41)38-17(32)11-9(29)10(30)15(37-11)25-2-1-7(28)24-18(25)33/h1-2,4-6,9-12,15-17,27,29-32,34H,3H2,(H,35,41)(H2,20,21,22)(H,24,28,33)/t6-,9+,10-,11+,12+,15-,16-,17?,19+,40?/m1/s1. The Morgan fingerprint density at radius 2 is 1.90 bits per heavy atom. The van der Waals surface area contributed by atoms with E-state index in [4.69, 9.17) is 24.3 Å². The number of rotatable bonds is 8. The molecule has 0 radical (unpaired) electrons. The molecule has 5 heterocycles. The number of nitrogens with two attached hydrogens (primary N) is 1. The first-order chi connectivity index (χ1) is 19.3. The van der Waals surface area contributed by atoms with Gasteiger partial charge in [0.15, 0.2) is 36.3 Å². The smallest absolute Gasteiger partial charge is 0.391 e. The average Bonchev–Trinajstić information content (AvgIpc) is 3.52. The van der Waals surface area contributed by atoms with Crippen molar-refractivity contribution in [3.05, 3.63) is 45.8 Å². The van der Waals surface area contributed by atoms with Gasteiger partial charge >= 0.3 is 12.5 Å². The van der Waals surface area contributed by atoms with Crippen LogP contribution in [-0.2, 0) is 23.1 Å². The van der Waals surface area contributed by atoms with Crippen molar-refractivity contribution < 1.29 is 53.7 Å². The van der Waals surface area contributed by atoms with E-state index >= 15 is 0 Å². The SMILES string of the molecule is Nc1ncnc2c1ncn2[C@@H]1O[C@H](CO)[C@](O)(OP(=O)(S)OC(O)[C@H]2O[C@@H](n3ccc(=O)[nH]c3=O)[C@H](O)[C@@H]2O)[C@H]1O. The van der Waals surface area contributed by atoms with Gasteiger partial charge in [0.25, 0.3) is 5.56 Å². The van der Waals surface area contributed by atoms with Gasteiger partial charge < -0.3 is 45.8 Å². The summed E-state index contributed by atoms with van der Waals surface area (Å²) in [4.78, 5) is 37.1. The molecule has 0 amide bonds. The number of imidazole rings is 1. The van der Waals surface area contributed by atoms with Crippen molar-refractivity contribution in [1.82, 2.24) is 29.1 Å². The Morgan fingerprint density at radius 3 is 2.59 bits per heavy atom. The zero-order valence-corrected chi connectivity index (χ0v) is 22.2. The second-order valence-electron chi connectivity index (χ2n) is 9.02. The van der Waals surface area contributed by atoms with Gasteiger partial charge in [-0.2, -0.15) is 0 Å². The van der Waals surface area contributed by atoms with Crippen LogP contribution in [0.4, 0.5) is 5.82 Å². The summed E-state index contributed by atoms with van der Waals surface area (Å²) < 4.78 is 35.8. The number of aliphatic hydroxyl groups is 6. The Morgan fingerprint density at radius 1 is 1.17 bits per heavy atom. The summed E-state index contributed by atoms with van der Waals surface area (Å²) >= 11 is 3.71. The van der Waals surface area contributed by atoms with Crippen molar-refractivity contribution in [2.24, 2.45) is 0 Å². The number of hydrogen-bond acceptors (Lipinski definition) is 17. The molecule has 0 bridgehead atoms. The quantitative estimate of drug-likeness (QED) is 0.0656. The molecular formula is C19H24N7O13PS. The number of nitrogens with zero attached hydrogens (tertiary/aromatic N) is 5. The summed E-state index contributed by atoms with van der Waals surface area (Å²) in [6.07, 6.45) is -11.8. The van der Waals surface area contributed by atoms with E-state index in [1.807, 2.05) is 4.98 Å². The third-order valence-corrected chi connectivity index (χ3v) is 8.00. The molecule has 0 saturated carbocycles. The van der Waals surface area contributed by atoms with E-state index in [1.165, 1.54) is 0 Å². The summed E-state index contributed by atoms with van der Waals surface area (Å²) in [7, 11) is 0. The Bertz CT molecular complexity index is 1600. The Labute approximate surface area is 232 Å². The lowest BCUT2D eigenvalue weighted by Crippen LogP contribution is -2.50. The van der Waals surface area contributed by atoms with Crippen LogP contribution < -0.4 is 17.0 Å². The van der Waals surface area contributed by atoms with Crippen LogP contribution in [0, 0.1) is 0 Å².